The van der Waals surface area contributed by atoms with Gasteiger partial charge in [0.25, 0.3) is 5.91 Å². The summed E-state index contributed by atoms with van der Waals surface area (Å²) in [4.78, 5) is 12.7. The lowest BCUT2D eigenvalue weighted by molar-refractivity contribution is -0.672. The van der Waals surface area contributed by atoms with E-state index in [1.165, 1.54) is 0 Å². The topological polar surface area (TPSA) is 45.7 Å². The molecule has 0 spiro atoms. The van der Waals surface area contributed by atoms with Gasteiger partial charge in [-0.2, -0.15) is 0 Å². The van der Waals surface area contributed by atoms with Gasteiger partial charge < -0.3 is 10.6 Å². The molecule has 0 saturated heterocycles. The van der Waals surface area contributed by atoms with Crippen LogP contribution in [0.25, 0.3) is 0 Å². The van der Waals surface area contributed by atoms with Crippen LogP contribution in [0.4, 0.5) is 5.69 Å². The SMILES string of the molecule is C#CC[NH2+][C@@H](C(=O)Nc1cc(C)ccc1C)c1ccccc1. The van der Waals surface area contributed by atoms with Crippen molar-refractivity contribution in [3.05, 3.63) is 65.2 Å². The van der Waals surface area contributed by atoms with E-state index in [1.807, 2.05) is 67.7 Å². The quantitative estimate of drug-likeness (QED) is 0.816. The van der Waals surface area contributed by atoms with E-state index in [0.717, 1.165) is 22.4 Å². The molecule has 0 aliphatic carbocycles. The molecule has 0 radical (unpaired) electrons. The second-order valence-corrected chi connectivity index (χ2v) is 5.34. The summed E-state index contributed by atoms with van der Waals surface area (Å²) in [6, 6.07) is 15.4. The van der Waals surface area contributed by atoms with Gasteiger partial charge in [0.05, 0.1) is 0 Å². The van der Waals surface area contributed by atoms with Crippen LogP contribution in [0.1, 0.15) is 22.7 Å². The van der Waals surface area contributed by atoms with Crippen molar-refractivity contribution < 1.29 is 10.1 Å². The van der Waals surface area contributed by atoms with E-state index in [1.54, 1.807) is 0 Å². The van der Waals surface area contributed by atoms with Crippen LogP contribution in [-0.4, -0.2) is 12.5 Å². The van der Waals surface area contributed by atoms with Crippen LogP contribution in [-0.2, 0) is 4.79 Å². The fourth-order valence-corrected chi connectivity index (χ4v) is 2.32. The molecule has 3 N–H and O–H groups in total. The van der Waals surface area contributed by atoms with Crippen LogP contribution < -0.4 is 10.6 Å². The first-order valence-electron chi connectivity index (χ1n) is 7.31. The lowest BCUT2D eigenvalue weighted by Crippen LogP contribution is -2.87. The number of rotatable bonds is 5. The largest absolute Gasteiger partial charge is 0.322 e. The fourth-order valence-electron chi connectivity index (χ4n) is 2.32. The predicted molar refractivity (Wildman–Crippen MR) is 89.4 cm³/mol. The molecule has 0 unspecified atom stereocenters. The van der Waals surface area contributed by atoms with E-state index in [0.29, 0.717) is 6.54 Å². The molecule has 0 heterocycles. The van der Waals surface area contributed by atoms with Crippen LogP contribution in [0.15, 0.2) is 48.5 Å². The number of terminal acetylenes is 1. The van der Waals surface area contributed by atoms with Crippen molar-refractivity contribution in [3.63, 3.8) is 0 Å². The molecule has 1 amide bonds. The summed E-state index contributed by atoms with van der Waals surface area (Å²) in [6.45, 7) is 4.45. The zero-order valence-corrected chi connectivity index (χ0v) is 13.0. The summed E-state index contributed by atoms with van der Waals surface area (Å²) >= 11 is 0. The van der Waals surface area contributed by atoms with E-state index in [-0.39, 0.29) is 11.9 Å². The molecule has 1 atom stereocenters. The van der Waals surface area contributed by atoms with Crippen molar-refractivity contribution in [1.29, 1.82) is 0 Å². The van der Waals surface area contributed by atoms with Gasteiger partial charge in [-0.3, -0.25) is 4.79 Å². The van der Waals surface area contributed by atoms with Gasteiger partial charge in [-0.1, -0.05) is 42.5 Å². The molecule has 0 aliphatic heterocycles. The molecule has 2 rings (SSSR count). The highest BCUT2D eigenvalue weighted by molar-refractivity contribution is 5.95. The fraction of sp³-hybridized carbons (Fsp3) is 0.211. The van der Waals surface area contributed by atoms with E-state index in [9.17, 15) is 4.79 Å². The van der Waals surface area contributed by atoms with E-state index >= 15 is 0 Å². The van der Waals surface area contributed by atoms with Crippen molar-refractivity contribution in [2.24, 2.45) is 0 Å². The van der Waals surface area contributed by atoms with Gasteiger partial charge >= 0.3 is 0 Å². The van der Waals surface area contributed by atoms with Crippen molar-refractivity contribution in [2.45, 2.75) is 19.9 Å². The Morgan fingerprint density at radius 2 is 1.95 bits per heavy atom. The standard InChI is InChI=1S/C19H20N2O/c1-4-12-20-18(16-8-6-5-7-9-16)19(22)21-17-13-14(2)10-11-15(17)3/h1,5-11,13,18,20H,12H2,2-3H3,(H,21,22)/p+1/t18-/m1/s1. The van der Waals surface area contributed by atoms with E-state index in [4.69, 9.17) is 6.42 Å². The number of nitrogens with one attached hydrogen (secondary N) is 1. The minimum atomic E-state index is -0.350. The van der Waals surface area contributed by atoms with Crippen molar-refractivity contribution in [3.8, 4) is 12.3 Å². The second-order valence-electron chi connectivity index (χ2n) is 5.34. The highest BCUT2D eigenvalue weighted by Gasteiger charge is 2.23. The van der Waals surface area contributed by atoms with Crippen molar-refractivity contribution in [1.82, 2.24) is 0 Å². The van der Waals surface area contributed by atoms with Crippen LogP contribution in [0, 0.1) is 26.2 Å². The molecule has 0 saturated carbocycles. The number of anilines is 1. The number of hydrogen-bond donors (Lipinski definition) is 2. The minimum Gasteiger partial charge on any atom is -0.322 e. The Balaban J connectivity index is 2.22. The van der Waals surface area contributed by atoms with Crippen LogP contribution >= 0.6 is 0 Å². The van der Waals surface area contributed by atoms with Crippen LogP contribution in [0.5, 0.6) is 0 Å². The van der Waals surface area contributed by atoms with Gasteiger partial charge in [0, 0.05) is 11.3 Å². The predicted octanol–water partition coefficient (Wildman–Crippen LogP) is 2.18. The zero-order chi connectivity index (χ0) is 15.9. The molecule has 112 valence electrons. The summed E-state index contributed by atoms with van der Waals surface area (Å²) < 4.78 is 0. The summed E-state index contributed by atoms with van der Waals surface area (Å²) in [5.74, 6) is 2.51. The molecular formula is C19H21N2O+. The monoisotopic (exact) mass is 293 g/mol. The molecule has 3 nitrogen and oxygen atoms in total. The number of aryl methyl sites for hydroxylation is 2. The molecule has 2 aromatic carbocycles. The third kappa shape index (κ3) is 3.97. The second kappa shape index (κ2) is 7.44. The van der Waals surface area contributed by atoms with Crippen molar-refractivity contribution in [2.75, 3.05) is 11.9 Å². The maximum absolute atomic E-state index is 12.7. The third-order valence-corrected chi connectivity index (χ3v) is 3.56. The lowest BCUT2D eigenvalue weighted by atomic mass is 10.1. The lowest BCUT2D eigenvalue weighted by Gasteiger charge is -2.16. The Kier molecular flexibility index (Phi) is 5.35. The summed E-state index contributed by atoms with van der Waals surface area (Å²) in [5, 5.41) is 4.89. The normalized spacial score (nSPS) is 11.5. The number of hydrogen-bond acceptors (Lipinski definition) is 1. The number of carbonyl (C=O) groups is 1. The number of nitrogens with two attached hydrogens (primary N) is 1. The van der Waals surface area contributed by atoms with Gasteiger partial charge in [0.15, 0.2) is 6.04 Å². The molecule has 0 aliphatic rings. The Morgan fingerprint density at radius 3 is 2.64 bits per heavy atom. The molecule has 0 bridgehead atoms. The van der Waals surface area contributed by atoms with Gasteiger partial charge in [0.2, 0.25) is 0 Å². The average Bonchev–Trinajstić information content (AvgIpc) is 2.52. The highest BCUT2D eigenvalue weighted by atomic mass is 16.2. The Morgan fingerprint density at radius 1 is 1.23 bits per heavy atom. The first-order valence-corrected chi connectivity index (χ1v) is 7.31. The molecule has 0 aromatic heterocycles. The van der Waals surface area contributed by atoms with Gasteiger partial charge in [-0.05, 0) is 37.0 Å². The van der Waals surface area contributed by atoms with Crippen molar-refractivity contribution >= 4 is 11.6 Å². The van der Waals surface area contributed by atoms with Gasteiger partial charge in [-0.25, -0.2) is 0 Å². The van der Waals surface area contributed by atoms with E-state index < -0.39 is 0 Å². The maximum Gasteiger partial charge on any atom is 0.287 e. The van der Waals surface area contributed by atoms with Gasteiger partial charge in [0.1, 0.15) is 6.54 Å². The summed E-state index contributed by atoms with van der Waals surface area (Å²) in [7, 11) is 0. The summed E-state index contributed by atoms with van der Waals surface area (Å²) in [5.41, 5.74) is 3.95. The number of carbonyl (C=O) groups excluding carboxylic acids is 1. The van der Waals surface area contributed by atoms with E-state index in [2.05, 4.69) is 11.2 Å². The number of quaternary nitrogens is 1. The highest BCUT2D eigenvalue weighted by Crippen LogP contribution is 2.18. The average molecular weight is 293 g/mol. The first-order chi connectivity index (χ1) is 10.6. The van der Waals surface area contributed by atoms with Crippen LogP contribution in [0.2, 0.25) is 0 Å². The molecule has 3 heteroatoms. The third-order valence-electron chi connectivity index (χ3n) is 3.56. The van der Waals surface area contributed by atoms with Crippen LogP contribution in [0.3, 0.4) is 0 Å². The number of benzene rings is 2. The Bertz CT molecular complexity index is 686. The smallest absolute Gasteiger partial charge is 0.287 e. The molecule has 2 aromatic rings. The Labute approximate surface area is 131 Å². The Hall–Kier alpha value is -2.57. The molecule has 22 heavy (non-hydrogen) atoms. The zero-order valence-electron chi connectivity index (χ0n) is 13.0. The number of amides is 1. The maximum atomic E-state index is 12.7. The molecular weight excluding hydrogens is 272 g/mol. The molecule has 0 fully saturated rings. The first kappa shape index (κ1) is 15.8. The minimum absolute atomic E-state index is 0.0600. The van der Waals surface area contributed by atoms with Gasteiger partial charge in [-0.15, -0.1) is 6.42 Å². The summed E-state index contributed by atoms with van der Waals surface area (Å²) in [6.07, 6.45) is 5.34.